The van der Waals surface area contributed by atoms with Crippen LogP contribution in [-0.4, -0.2) is 28.2 Å². The molecule has 0 aromatic rings. The Hall–Kier alpha value is -0.670. The zero-order valence-electron chi connectivity index (χ0n) is 10.4. The number of hydrogen-bond acceptors (Lipinski definition) is 3. The summed E-state index contributed by atoms with van der Waals surface area (Å²) < 4.78 is 5.81. The minimum atomic E-state index is -0.334. The summed E-state index contributed by atoms with van der Waals surface area (Å²) in [5.41, 5.74) is -0.771. The fourth-order valence-electron chi connectivity index (χ4n) is 2.78. The third-order valence-electron chi connectivity index (χ3n) is 4.05. The minimum absolute atomic E-state index is 0.0381. The summed E-state index contributed by atoms with van der Waals surface area (Å²) in [5, 5.41) is 10.0. The second-order valence-electron chi connectivity index (χ2n) is 6.05. The van der Waals surface area contributed by atoms with Gasteiger partial charge in [0.25, 0.3) is 0 Å². The minimum Gasteiger partial charge on any atom is -0.392 e. The van der Waals surface area contributed by atoms with Crippen LogP contribution in [0.4, 0.5) is 0 Å². The summed E-state index contributed by atoms with van der Waals surface area (Å²) in [6.45, 7) is 7.64. The van der Waals surface area contributed by atoms with Gasteiger partial charge < -0.3 is 9.84 Å². The molecule has 0 unspecified atom stereocenters. The summed E-state index contributed by atoms with van der Waals surface area (Å²) in [6.07, 6.45) is 4.53. The molecular weight excluding hydrogens is 204 g/mol. The van der Waals surface area contributed by atoms with Crippen molar-refractivity contribution in [2.45, 2.75) is 57.8 Å². The quantitative estimate of drug-likeness (QED) is 0.575. The highest BCUT2D eigenvalue weighted by Gasteiger charge is 2.70. The first-order valence-corrected chi connectivity index (χ1v) is 5.79. The van der Waals surface area contributed by atoms with Crippen molar-refractivity contribution in [3.8, 4) is 0 Å². The zero-order valence-corrected chi connectivity index (χ0v) is 10.4. The molecular formula is C13H20O3. The molecule has 3 atom stereocenters. The van der Waals surface area contributed by atoms with E-state index in [0.29, 0.717) is 6.42 Å². The molecule has 1 saturated carbocycles. The van der Waals surface area contributed by atoms with Crippen LogP contribution in [0.25, 0.3) is 0 Å². The maximum atomic E-state index is 11.0. The van der Waals surface area contributed by atoms with Crippen LogP contribution >= 0.6 is 0 Å². The lowest BCUT2D eigenvalue weighted by Crippen LogP contribution is -2.44. The van der Waals surface area contributed by atoms with E-state index in [9.17, 15) is 9.90 Å². The molecule has 0 spiro atoms. The fraction of sp³-hybridized carbons (Fsp3) is 0.769. The van der Waals surface area contributed by atoms with Crippen LogP contribution in [0.5, 0.6) is 0 Å². The number of carbonyl (C=O) groups excluding carboxylic acids is 1. The predicted octanol–water partition coefficient (Wildman–Crippen LogP) is 1.84. The van der Waals surface area contributed by atoms with E-state index in [1.165, 1.54) is 6.92 Å². The average Bonchev–Trinajstić information content (AvgIpc) is 2.67. The van der Waals surface area contributed by atoms with E-state index in [-0.39, 0.29) is 28.5 Å². The smallest absolute Gasteiger partial charge is 0.152 e. The van der Waals surface area contributed by atoms with Gasteiger partial charge in [0.05, 0.1) is 6.10 Å². The Morgan fingerprint density at radius 1 is 1.44 bits per heavy atom. The van der Waals surface area contributed by atoms with Gasteiger partial charge in [0, 0.05) is 6.42 Å². The summed E-state index contributed by atoms with van der Waals surface area (Å²) in [6, 6.07) is 0. The van der Waals surface area contributed by atoms with Crippen LogP contribution in [-0.2, 0) is 9.53 Å². The zero-order chi connectivity index (χ0) is 12.2. The van der Waals surface area contributed by atoms with Gasteiger partial charge in [-0.1, -0.05) is 13.8 Å². The van der Waals surface area contributed by atoms with Gasteiger partial charge in [-0.25, -0.2) is 0 Å². The van der Waals surface area contributed by atoms with Gasteiger partial charge in [-0.05, 0) is 37.8 Å². The van der Waals surface area contributed by atoms with Crippen LogP contribution in [0.15, 0.2) is 12.2 Å². The van der Waals surface area contributed by atoms with Gasteiger partial charge in [-0.3, -0.25) is 4.79 Å². The molecule has 0 radical (unpaired) electrons. The van der Waals surface area contributed by atoms with Crippen LogP contribution in [0.2, 0.25) is 0 Å². The number of epoxide rings is 1. The highest BCUT2D eigenvalue weighted by Crippen LogP contribution is 2.62. The summed E-state index contributed by atoms with van der Waals surface area (Å²) >= 11 is 0. The molecule has 1 aliphatic heterocycles. The molecule has 1 aliphatic carbocycles. The second kappa shape index (κ2) is 3.17. The number of ketones is 1. The molecule has 1 saturated heterocycles. The molecule has 16 heavy (non-hydrogen) atoms. The van der Waals surface area contributed by atoms with Gasteiger partial charge in [-0.15, -0.1) is 0 Å². The van der Waals surface area contributed by atoms with E-state index in [1.54, 1.807) is 6.08 Å². The Kier molecular flexibility index (Phi) is 2.34. The molecule has 1 N–H and O–H groups in total. The number of carbonyl (C=O) groups is 1. The summed E-state index contributed by atoms with van der Waals surface area (Å²) in [4.78, 5) is 11.0. The summed E-state index contributed by atoms with van der Waals surface area (Å²) in [7, 11) is 0. The maximum Gasteiger partial charge on any atom is 0.152 e. The Bertz CT molecular complexity index is 358. The van der Waals surface area contributed by atoms with E-state index < -0.39 is 0 Å². The lowest BCUT2D eigenvalue weighted by atomic mass is 9.66. The lowest BCUT2D eigenvalue weighted by Gasteiger charge is -2.38. The van der Waals surface area contributed by atoms with Gasteiger partial charge >= 0.3 is 0 Å². The standard InChI is InChI=1S/C13H20O3/c1-9(14)5-6-13-8-11(2,3)10(15)7-12(13,4)16-13/h5-6,10,15H,7-8H2,1-4H3/b6-5+/t10-,12+,13-/m0/s1. The van der Waals surface area contributed by atoms with E-state index in [1.807, 2.05) is 26.8 Å². The van der Waals surface area contributed by atoms with Crippen molar-refractivity contribution in [1.82, 2.24) is 0 Å². The first kappa shape index (κ1) is 11.8. The SMILES string of the molecule is CC(=O)/C=C/[C@]12CC(C)(C)[C@@H](O)C[C@@]1(C)O2. The molecule has 3 heteroatoms. The molecule has 3 nitrogen and oxygen atoms in total. The number of ether oxygens (including phenoxy) is 1. The Labute approximate surface area is 96.5 Å². The number of rotatable bonds is 2. The van der Waals surface area contributed by atoms with Crippen molar-refractivity contribution in [2.24, 2.45) is 5.41 Å². The van der Waals surface area contributed by atoms with Crippen LogP contribution in [0.3, 0.4) is 0 Å². The third kappa shape index (κ3) is 1.62. The lowest BCUT2D eigenvalue weighted by molar-refractivity contribution is -0.112. The van der Waals surface area contributed by atoms with Crippen molar-refractivity contribution in [2.75, 3.05) is 0 Å². The number of fused-ring (bicyclic) bond motifs is 1. The molecule has 2 aliphatic rings. The number of hydrogen-bond donors (Lipinski definition) is 1. The second-order valence-corrected chi connectivity index (χ2v) is 6.05. The first-order chi connectivity index (χ1) is 7.21. The van der Waals surface area contributed by atoms with Crippen molar-refractivity contribution in [1.29, 1.82) is 0 Å². The van der Waals surface area contributed by atoms with Crippen molar-refractivity contribution < 1.29 is 14.6 Å². The van der Waals surface area contributed by atoms with Crippen LogP contribution in [0.1, 0.15) is 40.5 Å². The Morgan fingerprint density at radius 2 is 2.06 bits per heavy atom. The van der Waals surface area contributed by atoms with Crippen molar-refractivity contribution >= 4 is 5.78 Å². The molecule has 2 fully saturated rings. The Morgan fingerprint density at radius 3 is 2.62 bits per heavy atom. The van der Waals surface area contributed by atoms with Crippen molar-refractivity contribution in [3.05, 3.63) is 12.2 Å². The van der Waals surface area contributed by atoms with Gasteiger partial charge in [-0.2, -0.15) is 0 Å². The maximum absolute atomic E-state index is 11.0. The normalized spacial score (nSPS) is 45.4. The molecule has 1 heterocycles. The highest BCUT2D eigenvalue weighted by molar-refractivity contribution is 5.87. The first-order valence-electron chi connectivity index (χ1n) is 5.79. The molecule has 0 aromatic carbocycles. The van der Waals surface area contributed by atoms with E-state index >= 15 is 0 Å². The molecule has 2 rings (SSSR count). The molecule has 0 bridgehead atoms. The molecule has 0 aromatic heterocycles. The molecule has 90 valence electrons. The van der Waals surface area contributed by atoms with Gasteiger partial charge in [0.15, 0.2) is 5.78 Å². The van der Waals surface area contributed by atoms with Crippen LogP contribution in [0, 0.1) is 5.41 Å². The van der Waals surface area contributed by atoms with E-state index in [2.05, 4.69) is 0 Å². The van der Waals surface area contributed by atoms with Gasteiger partial charge in [0.1, 0.15) is 11.2 Å². The number of aliphatic hydroxyl groups excluding tert-OH is 1. The Balaban J connectivity index is 2.22. The largest absolute Gasteiger partial charge is 0.392 e. The average molecular weight is 224 g/mol. The third-order valence-corrected chi connectivity index (χ3v) is 4.05. The topological polar surface area (TPSA) is 49.8 Å². The highest BCUT2D eigenvalue weighted by atomic mass is 16.6. The fourth-order valence-corrected chi connectivity index (χ4v) is 2.78. The van der Waals surface area contributed by atoms with Crippen LogP contribution < -0.4 is 0 Å². The van der Waals surface area contributed by atoms with Gasteiger partial charge in [0.2, 0.25) is 0 Å². The number of allylic oxidation sites excluding steroid dienone is 1. The monoisotopic (exact) mass is 224 g/mol. The predicted molar refractivity (Wildman–Crippen MR) is 61.1 cm³/mol. The number of aliphatic hydroxyl groups is 1. The van der Waals surface area contributed by atoms with Crippen molar-refractivity contribution in [3.63, 3.8) is 0 Å². The summed E-state index contributed by atoms with van der Waals surface area (Å²) in [5.74, 6) is 0.0381. The van der Waals surface area contributed by atoms with E-state index in [4.69, 9.17) is 4.74 Å². The molecule has 0 amide bonds. The van der Waals surface area contributed by atoms with E-state index in [0.717, 1.165) is 6.42 Å².